The normalized spacial score (nSPS) is 20.2. The molecule has 0 radical (unpaired) electrons. The number of rotatable bonds is 6. The average molecular weight is 510 g/mol. The molecule has 8 nitrogen and oxygen atoms in total. The molecule has 2 unspecified atom stereocenters. The molecule has 0 spiro atoms. The van der Waals surface area contributed by atoms with Gasteiger partial charge < -0.3 is 19.4 Å². The van der Waals surface area contributed by atoms with Crippen LogP contribution in [0.3, 0.4) is 0 Å². The number of anilines is 1. The van der Waals surface area contributed by atoms with Crippen molar-refractivity contribution in [2.45, 2.75) is 38.1 Å². The number of piperidine rings is 1. The van der Waals surface area contributed by atoms with Crippen molar-refractivity contribution in [2.24, 2.45) is 5.92 Å². The Hall–Kier alpha value is -3.31. The smallest absolute Gasteiger partial charge is 0.409 e. The molecule has 4 rings (SSSR count). The molecular formula is C27H32ClN5O3. The summed E-state index contributed by atoms with van der Waals surface area (Å²) in [7, 11) is 1.75. The van der Waals surface area contributed by atoms with Crippen molar-refractivity contribution in [3.8, 4) is 6.07 Å². The van der Waals surface area contributed by atoms with Gasteiger partial charge in [0.2, 0.25) is 5.91 Å². The Kier molecular flexibility index (Phi) is 8.32. The van der Waals surface area contributed by atoms with Crippen LogP contribution in [0.1, 0.15) is 43.2 Å². The number of nitriles is 1. The number of halogens is 1. The first-order valence-corrected chi connectivity index (χ1v) is 12.8. The molecule has 190 valence electrons. The fraction of sp³-hybridized carbons (Fsp3) is 0.481. The van der Waals surface area contributed by atoms with E-state index in [1.54, 1.807) is 24.2 Å². The number of pyridine rings is 1. The Labute approximate surface area is 217 Å². The summed E-state index contributed by atoms with van der Waals surface area (Å²) in [6.07, 6.45) is 3.45. The highest BCUT2D eigenvalue weighted by atomic mass is 35.5. The molecule has 0 bridgehead atoms. The van der Waals surface area contributed by atoms with Crippen LogP contribution < -0.4 is 4.90 Å². The number of carbonyl (C=O) groups excluding carboxylic acids is 2. The Balaban J connectivity index is 1.43. The van der Waals surface area contributed by atoms with Crippen LogP contribution in [0.4, 0.5) is 10.6 Å². The molecular weight excluding hydrogens is 478 g/mol. The van der Waals surface area contributed by atoms with E-state index in [1.807, 2.05) is 42.2 Å². The van der Waals surface area contributed by atoms with E-state index in [1.165, 1.54) is 0 Å². The minimum Gasteiger partial charge on any atom is -0.449 e. The van der Waals surface area contributed by atoms with E-state index < -0.39 is 0 Å². The van der Waals surface area contributed by atoms with E-state index >= 15 is 0 Å². The highest BCUT2D eigenvalue weighted by molar-refractivity contribution is 6.30. The highest BCUT2D eigenvalue weighted by Gasteiger charge is 2.42. The molecule has 2 saturated heterocycles. The summed E-state index contributed by atoms with van der Waals surface area (Å²) < 4.78 is 5.38. The third-order valence-electron chi connectivity index (χ3n) is 7.16. The lowest BCUT2D eigenvalue weighted by Gasteiger charge is -2.34. The van der Waals surface area contributed by atoms with Crippen LogP contribution in [0.5, 0.6) is 0 Å². The van der Waals surface area contributed by atoms with Crippen molar-refractivity contribution in [1.82, 2.24) is 14.8 Å². The van der Waals surface area contributed by atoms with Gasteiger partial charge in [-0.1, -0.05) is 30.7 Å². The molecule has 36 heavy (non-hydrogen) atoms. The van der Waals surface area contributed by atoms with E-state index in [-0.39, 0.29) is 29.9 Å². The topological polar surface area (TPSA) is 89.8 Å². The standard InChI is InChI=1S/C27H32ClN5O3/c1-3-14-36-27(35)31(2)24-18-33(17-23(24)20-5-7-22(28)8-6-20)26(34)21-10-12-32(13-11-21)25-9-4-19(15-29)16-30-25/h4-9,16,21,23-24H,3,10-14,17-18H2,1-2H3. The Morgan fingerprint density at radius 2 is 1.89 bits per heavy atom. The molecule has 2 aliphatic heterocycles. The number of amides is 2. The summed E-state index contributed by atoms with van der Waals surface area (Å²) in [5.74, 6) is 0.880. The summed E-state index contributed by atoms with van der Waals surface area (Å²) >= 11 is 6.11. The molecule has 2 fully saturated rings. The van der Waals surface area contributed by atoms with Crippen LogP contribution in [-0.4, -0.2) is 72.7 Å². The van der Waals surface area contributed by atoms with Crippen molar-refractivity contribution >= 4 is 29.4 Å². The summed E-state index contributed by atoms with van der Waals surface area (Å²) in [5.41, 5.74) is 1.59. The molecule has 0 aliphatic carbocycles. The van der Waals surface area contributed by atoms with Crippen LogP contribution in [0, 0.1) is 17.2 Å². The second-order valence-corrected chi connectivity index (χ2v) is 9.91. The van der Waals surface area contributed by atoms with Crippen molar-refractivity contribution in [2.75, 3.05) is 44.7 Å². The molecule has 0 N–H and O–H groups in total. The van der Waals surface area contributed by atoms with Crippen LogP contribution in [0.2, 0.25) is 5.02 Å². The second kappa shape index (κ2) is 11.6. The first-order valence-electron chi connectivity index (χ1n) is 12.5. The van der Waals surface area contributed by atoms with Crippen LogP contribution >= 0.6 is 11.6 Å². The maximum absolute atomic E-state index is 13.6. The minimum absolute atomic E-state index is 0.0201. The molecule has 2 amide bonds. The molecule has 2 aromatic rings. The Morgan fingerprint density at radius 3 is 2.50 bits per heavy atom. The fourth-order valence-electron chi connectivity index (χ4n) is 5.08. The van der Waals surface area contributed by atoms with Crippen molar-refractivity contribution in [3.63, 3.8) is 0 Å². The van der Waals surface area contributed by atoms with E-state index in [9.17, 15) is 9.59 Å². The van der Waals surface area contributed by atoms with Crippen LogP contribution in [0.15, 0.2) is 42.6 Å². The molecule has 2 aliphatic rings. The summed E-state index contributed by atoms with van der Waals surface area (Å²) in [6, 6.07) is 13.2. The molecule has 1 aromatic heterocycles. The van der Waals surface area contributed by atoms with Gasteiger partial charge in [0.15, 0.2) is 0 Å². The first kappa shape index (κ1) is 25.8. The van der Waals surface area contributed by atoms with Crippen LogP contribution in [-0.2, 0) is 9.53 Å². The SMILES string of the molecule is CCCOC(=O)N(C)C1CN(C(=O)C2CCN(c3ccc(C#N)cn3)CC2)CC1c1ccc(Cl)cc1. The average Bonchev–Trinajstić information content (AvgIpc) is 3.37. The van der Waals surface area contributed by atoms with Gasteiger partial charge in [0, 0.05) is 56.3 Å². The van der Waals surface area contributed by atoms with E-state index in [0.717, 1.165) is 43.7 Å². The number of likely N-dealkylation sites (N-methyl/N-ethyl adjacent to an activating group) is 1. The number of hydrogen-bond donors (Lipinski definition) is 0. The zero-order valence-corrected chi connectivity index (χ0v) is 21.5. The predicted octanol–water partition coefficient (Wildman–Crippen LogP) is 4.30. The predicted molar refractivity (Wildman–Crippen MR) is 138 cm³/mol. The van der Waals surface area contributed by atoms with E-state index in [0.29, 0.717) is 30.3 Å². The first-order chi connectivity index (χ1) is 17.4. The van der Waals surface area contributed by atoms with Gasteiger partial charge >= 0.3 is 6.09 Å². The quantitative estimate of drug-likeness (QED) is 0.577. The van der Waals surface area contributed by atoms with Gasteiger partial charge in [0.1, 0.15) is 11.9 Å². The van der Waals surface area contributed by atoms with Gasteiger partial charge in [-0.2, -0.15) is 5.26 Å². The second-order valence-electron chi connectivity index (χ2n) is 9.47. The van der Waals surface area contributed by atoms with Crippen molar-refractivity contribution in [3.05, 3.63) is 58.7 Å². The number of benzene rings is 1. The van der Waals surface area contributed by atoms with E-state index in [4.69, 9.17) is 21.6 Å². The zero-order chi connectivity index (χ0) is 25.7. The van der Waals surface area contributed by atoms with Gasteiger partial charge in [0.25, 0.3) is 0 Å². The number of likely N-dealkylation sites (tertiary alicyclic amines) is 1. The van der Waals surface area contributed by atoms with Crippen molar-refractivity contribution < 1.29 is 14.3 Å². The fourth-order valence-corrected chi connectivity index (χ4v) is 5.20. The largest absolute Gasteiger partial charge is 0.449 e. The molecule has 9 heteroatoms. The maximum atomic E-state index is 13.6. The summed E-state index contributed by atoms with van der Waals surface area (Å²) in [6.45, 7) is 4.82. The lowest BCUT2D eigenvalue weighted by Crippen LogP contribution is -2.44. The van der Waals surface area contributed by atoms with Gasteiger partial charge in [0.05, 0.1) is 18.2 Å². The Morgan fingerprint density at radius 1 is 1.17 bits per heavy atom. The summed E-state index contributed by atoms with van der Waals surface area (Å²) in [4.78, 5) is 36.3. The highest BCUT2D eigenvalue weighted by Crippen LogP contribution is 2.34. The number of aromatic nitrogens is 1. The molecule has 3 heterocycles. The number of ether oxygens (including phenoxy) is 1. The Bertz CT molecular complexity index is 1090. The third kappa shape index (κ3) is 5.73. The van der Waals surface area contributed by atoms with Gasteiger partial charge in [-0.25, -0.2) is 9.78 Å². The lowest BCUT2D eigenvalue weighted by molar-refractivity contribution is -0.135. The number of nitrogens with zero attached hydrogens (tertiary/aromatic N) is 5. The number of carbonyl (C=O) groups is 2. The monoisotopic (exact) mass is 509 g/mol. The maximum Gasteiger partial charge on any atom is 0.409 e. The molecule has 2 atom stereocenters. The lowest BCUT2D eigenvalue weighted by atomic mass is 9.93. The third-order valence-corrected chi connectivity index (χ3v) is 7.41. The van der Waals surface area contributed by atoms with Gasteiger partial charge in [-0.05, 0) is 49.1 Å². The van der Waals surface area contributed by atoms with Gasteiger partial charge in [-0.15, -0.1) is 0 Å². The van der Waals surface area contributed by atoms with E-state index in [2.05, 4.69) is 16.0 Å². The minimum atomic E-state index is -0.363. The molecule has 1 aromatic carbocycles. The zero-order valence-electron chi connectivity index (χ0n) is 20.8. The number of hydrogen-bond acceptors (Lipinski definition) is 6. The van der Waals surface area contributed by atoms with Crippen LogP contribution in [0.25, 0.3) is 0 Å². The van der Waals surface area contributed by atoms with Gasteiger partial charge in [-0.3, -0.25) is 4.79 Å². The summed E-state index contributed by atoms with van der Waals surface area (Å²) in [5, 5.41) is 9.64. The van der Waals surface area contributed by atoms with Crippen molar-refractivity contribution in [1.29, 1.82) is 5.26 Å². The molecule has 0 saturated carbocycles.